The van der Waals surface area contributed by atoms with Crippen LogP contribution in [0.4, 0.5) is 14.9 Å². The molecule has 5 rings (SSSR count). The first-order valence-corrected chi connectivity index (χ1v) is 13.6. The van der Waals surface area contributed by atoms with E-state index in [-0.39, 0.29) is 24.9 Å². The number of rotatable bonds is 7. The van der Waals surface area contributed by atoms with E-state index in [1.165, 1.54) is 17.9 Å². The highest BCUT2D eigenvalue weighted by Gasteiger charge is 2.32. The van der Waals surface area contributed by atoms with Gasteiger partial charge in [0.05, 0.1) is 38.1 Å². The van der Waals surface area contributed by atoms with Crippen molar-refractivity contribution in [3.8, 4) is 11.1 Å². The van der Waals surface area contributed by atoms with Crippen LogP contribution in [0.25, 0.3) is 11.1 Å². The van der Waals surface area contributed by atoms with Crippen LogP contribution in [0.1, 0.15) is 22.8 Å². The third-order valence-electron chi connectivity index (χ3n) is 6.94. The summed E-state index contributed by atoms with van der Waals surface area (Å²) >= 11 is 5.92. The second-order valence-electron chi connectivity index (χ2n) is 9.84. The van der Waals surface area contributed by atoms with Gasteiger partial charge in [-0.25, -0.2) is 9.18 Å². The van der Waals surface area contributed by atoms with E-state index in [1.54, 1.807) is 47.5 Å². The van der Waals surface area contributed by atoms with E-state index in [2.05, 4.69) is 10.4 Å². The van der Waals surface area contributed by atoms with Crippen LogP contribution in [-0.4, -0.2) is 79.4 Å². The molecule has 0 aromatic heterocycles. The molecule has 2 heterocycles. The summed E-state index contributed by atoms with van der Waals surface area (Å²) in [4.78, 5) is 39.2. The lowest BCUT2D eigenvalue weighted by Crippen LogP contribution is -2.46. The molecule has 0 spiro atoms. The highest BCUT2D eigenvalue weighted by Crippen LogP contribution is 2.29. The number of hydrogen-bond donors (Lipinski definition) is 1. The highest BCUT2D eigenvalue weighted by atomic mass is 35.5. The summed E-state index contributed by atoms with van der Waals surface area (Å²) in [5.41, 5.74) is 2.95. The quantitative estimate of drug-likeness (QED) is 0.420. The van der Waals surface area contributed by atoms with Crippen LogP contribution >= 0.6 is 11.6 Å². The fourth-order valence-electron chi connectivity index (χ4n) is 4.69. The van der Waals surface area contributed by atoms with E-state index in [1.807, 2.05) is 29.3 Å². The summed E-state index contributed by atoms with van der Waals surface area (Å²) in [5.74, 6) is -0.699. The molecule has 1 N–H and O–H groups in total. The number of halogens is 2. The zero-order valence-corrected chi connectivity index (χ0v) is 23.2. The number of anilines is 1. The molecular weight excluding hydrogens is 549 g/mol. The van der Waals surface area contributed by atoms with Crippen LogP contribution in [-0.2, 0) is 9.53 Å². The molecule has 9 nitrogen and oxygen atoms in total. The van der Waals surface area contributed by atoms with Crippen LogP contribution < -0.4 is 10.2 Å². The van der Waals surface area contributed by atoms with Crippen molar-refractivity contribution >= 4 is 41.4 Å². The summed E-state index contributed by atoms with van der Waals surface area (Å²) < 4.78 is 20.3. The maximum Gasteiger partial charge on any atom is 0.414 e. The number of piperazine rings is 1. The minimum Gasteiger partial charge on any atom is -0.442 e. The Morgan fingerprint density at radius 2 is 1.76 bits per heavy atom. The van der Waals surface area contributed by atoms with Gasteiger partial charge < -0.3 is 15.0 Å². The Hall–Kier alpha value is -4.44. The Bertz CT molecular complexity index is 1460. The molecule has 1 atom stereocenters. The number of benzene rings is 3. The van der Waals surface area contributed by atoms with Gasteiger partial charge in [0.2, 0.25) is 5.91 Å². The Kier molecular flexibility index (Phi) is 8.49. The lowest BCUT2D eigenvalue weighted by molar-refractivity contribution is -0.119. The summed E-state index contributed by atoms with van der Waals surface area (Å²) in [6.45, 7) is 4.18. The molecule has 2 aliphatic heterocycles. The minimum absolute atomic E-state index is 0.0207. The number of nitrogens with one attached hydrogen (secondary N) is 1. The number of hydrazone groups is 1. The van der Waals surface area contributed by atoms with Gasteiger partial charge >= 0.3 is 6.09 Å². The van der Waals surface area contributed by atoms with Crippen molar-refractivity contribution in [2.75, 3.05) is 44.2 Å². The Morgan fingerprint density at radius 3 is 2.41 bits per heavy atom. The van der Waals surface area contributed by atoms with Gasteiger partial charge in [-0.15, -0.1) is 0 Å². The molecule has 0 radical (unpaired) electrons. The molecule has 0 aliphatic carbocycles. The van der Waals surface area contributed by atoms with Crippen LogP contribution in [0.2, 0.25) is 5.02 Å². The van der Waals surface area contributed by atoms with Crippen molar-refractivity contribution in [3.05, 3.63) is 88.7 Å². The normalized spacial score (nSPS) is 17.2. The topological polar surface area (TPSA) is 94.5 Å². The molecule has 0 unspecified atom stereocenters. The fraction of sp³-hybridized carbons (Fsp3) is 0.267. The van der Waals surface area contributed by atoms with E-state index >= 15 is 4.39 Å². The second kappa shape index (κ2) is 12.4. The third kappa shape index (κ3) is 6.83. The Labute approximate surface area is 242 Å². The van der Waals surface area contributed by atoms with Gasteiger partial charge in [0.25, 0.3) is 5.91 Å². The molecule has 41 heavy (non-hydrogen) atoms. The van der Waals surface area contributed by atoms with Crippen molar-refractivity contribution in [1.29, 1.82) is 0 Å². The lowest BCUT2D eigenvalue weighted by Gasteiger charge is -2.33. The minimum atomic E-state index is -0.578. The second-order valence-corrected chi connectivity index (χ2v) is 10.3. The Morgan fingerprint density at radius 1 is 1.05 bits per heavy atom. The van der Waals surface area contributed by atoms with Crippen molar-refractivity contribution in [2.24, 2.45) is 5.10 Å². The molecule has 2 fully saturated rings. The maximum absolute atomic E-state index is 15.1. The molecule has 3 amide bonds. The van der Waals surface area contributed by atoms with Crippen LogP contribution in [0.5, 0.6) is 0 Å². The molecule has 3 aromatic rings. The maximum atomic E-state index is 15.1. The number of carbonyl (C=O) groups is 3. The number of carbonyl (C=O) groups excluding carboxylic acids is 3. The average Bonchev–Trinajstić information content (AvgIpc) is 3.36. The van der Waals surface area contributed by atoms with E-state index in [0.29, 0.717) is 53.6 Å². The van der Waals surface area contributed by atoms with Gasteiger partial charge in [-0.3, -0.25) is 19.5 Å². The van der Waals surface area contributed by atoms with Crippen molar-refractivity contribution < 1.29 is 23.5 Å². The van der Waals surface area contributed by atoms with Gasteiger partial charge in [0.15, 0.2) is 0 Å². The zero-order valence-electron chi connectivity index (χ0n) is 22.4. The van der Waals surface area contributed by atoms with Gasteiger partial charge in [-0.05, 0) is 53.6 Å². The van der Waals surface area contributed by atoms with Crippen LogP contribution in [0.15, 0.2) is 71.8 Å². The predicted octanol–water partition coefficient (Wildman–Crippen LogP) is 4.40. The van der Waals surface area contributed by atoms with Gasteiger partial charge in [0, 0.05) is 36.2 Å². The average molecular weight is 578 g/mol. The summed E-state index contributed by atoms with van der Waals surface area (Å²) in [5, 5.41) is 9.68. The monoisotopic (exact) mass is 577 g/mol. The fourth-order valence-corrected chi connectivity index (χ4v) is 4.81. The van der Waals surface area contributed by atoms with Crippen LogP contribution in [0, 0.1) is 5.82 Å². The van der Waals surface area contributed by atoms with E-state index < -0.39 is 18.0 Å². The highest BCUT2D eigenvalue weighted by molar-refractivity contribution is 6.30. The molecule has 0 bridgehead atoms. The van der Waals surface area contributed by atoms with Crippen LogP contribution in [0.3, 0.4) is 0 Å². The zero-order chi connectivity index (χ0) is 28.9. The molecule has 2 aliphatic rings. The number of nitrogens with zero attached hydrogens (tertiary/aromatic N) is 4. The first kappa shape index (κ1) is 28.1. The summed E-state index contributed by atoms with van der Waals surface area (Å²) in [6, 6.07) is 18.8. The van der Waals surface area contributed by atoms with E-state index in [4.69, 9.17) is 16.3 Å². The predicted molar refractivity (Wildman–Crippen MR) is 155 cm³/mol. The van der Waals surface area contributed by atoms with Crippen molar-refractivity contribution in [2.45, 2.75) is 13.0 Å². The standard InChI is InChI=1S/C30H29ClFN5O4/c1-20(38)33-18-26-19-37(30(40)41-26)25-10-11-27(28(32)16-25)22-4-2-21(3-5-22)17-34-36-14-12-35(13-15-36)29(39)23-6-8-24(31)9-7-23/h2-11,16-17,26H,12-15,18-19H2,1H3,(H,33,38)/b34-17+/t26-/m0/s1. The van der Waals surface area contributed by atoms with E-state index in [0.717, 1.165) is 5.56 Å². The first-order chi connectivity index (χ1) is 19.8. The van der Waals surface area contributed by atoms with Gasteiger partial charge in [-0.1, -0.05) is 35.9 Å². The molecule has 2 saturated heterocycles. The summed E-state index contributed by atoms with van der Waals surface area (Å²) in [7, 11) is 0. The molecular formula is C30H29ClFN5O4. The molecule has 0 saturated carbocycles. The lowest BCUT2D eigenvalue weighted by atomic mass is 10.0. The van der Waals surface area contributed by atoms with Crippen molar-refractivity contribution in [1.82, 2.24) is 15.2 Å². The number of ether oxygens (including phenoxy) is 1. The Balaban J connectivity index is 1.15. The smallest absolute Gasteiger partial charge is 0.414 e. The van der Waals surface area contributed by atoms with Gasteiger partial charge in [-0.2, -0.15) is 5.10 Å². The number of cyclic esters (lactones) is 1. The molecule has 11 heteroatoms. The largest absolute Gasteiger partial charge is 0.442 e. The SMILES string of the molecule is CC(=O)NC[C@H]1CN(c2ccc(-c3ccc(/C=N/N4CCN(C(=O)c5ccc(Cl)cc5)CC4)cc3)c(F)c2)C(=O)O1. The van der Waals surface area contributed by atoms with E-state index in [9.17, 15) is 14.4 Å². The summed E-state index contributed by atoms with van der Waals surface area (Å²) in [6.07, 6.45) is 0.672. The molecule has 212 valence electrons. The number of hydrogen-bond acceptors (Lipinski definition) is 6. The number of amides is 3. The first-order valence-electron chi connectivity index (χ1n) is 13.2. The van der Waals surface area contributed by atoms with Crippen molar-refractivity contribution in [3.63, 3.8) is 0 Å². The third-order valence-corrected chi connectivity index (χ3v) is 7.20. The van der Waals surface area contributed by atoms with Gasteiger partial charge in [0.1, 0.15) is 11.9 Å². The molecule has 3 aromatic carbocycles.